The summed E-state index contributed by atoms with van der Waals surface area (Å²) in [6, 6.07) is 10.6. The fraction of sp³-hybridized carbons (Fsp3) is 0.250. The highest BCUT2D eigenvalue weighted by Crippen LogP contribution is 2.28. The molecule has 0 heterocycles. The number of benzene rings is 2. The van der Waals surface area contributed by atoms with E-state index in [1.54, 1.807) is 18.2 Å². The second kappa shape index (κ2) is 6.48. The molecule has 0 unspecified atom stereocenters. The molecule has 0 spiro atoms. The summed E-state index contributed by atoms with van der Waals surface area (Å²) in [5, 5.41) is 3.19. The van der Waals surface area contributed by atoms with Crippen molar-refractivity contribution in [1.82, 2.24) is 5.32 Å². The summed E-state index contributed by atoms with van der Waals surface area (Å²) in [7, 11) is 0. The largest absolute Gasteiger partial charge is 0.454 e. The highest BCUT2D eigenvalue weighted by atomic mass is 19.1. The van der Waals surface area contributed by atoms with Crippen LogP contribution in [0.2, 0.25) is 0 Å². The molecule has 2 aromatic carbocycles. The fourth-order valence-corrected chi connectivity index (χ4v) is 1.75. The van der Waals surface area contributed by atoms with Crippen molar-refractivity contribution in [2.75, 3.05) is 0 Å². The lowest BCUT2D eigenvalue weighted by Gasteiger charge is -2.14. The van der Waals surface area contributed by atoms with Crippen molar-refractivity contribution in [1.29, 1.82) is 0 Å². The second-order valence-corrected chi connectivity index (χ2v) is 4.82. The maximum atomic E-state index is 13.6. The van der Waals surface area contributed by atoms with E-state index in [-0.39, 0.29) is 17.6 Å². The molecular formula is C16H17F2NO. The Balaban J connectivity index is 2.24. The Kier molecular flexibility index (Phi) is 4.69. The van der Waals surface area contributed by atoms with Gasteiger partial charge in [-0.3, -0.25) is 0 Å². The number of hydrogen-bond donors (Lipinski definition) is 1. The zero-order valence-corrected chi connectivity index (χ0v) is 11.5. The highest BCUT2D eigenvalue weighted by molar-refractivity contribution is 5.38. The van der Waals surface area contributed by atoms with Crippen LogP contribution in [0.5, 0.6) is 11.5 Å². The van der Waals surface area contributed by atoms with Crippen LogP contribution in [0.4, 0.5) is 8.78 Å². The summed E-state index contributed by atoms with van der Waals surface area (Å²) in [6.07, 6.45) is 0. The molecule has 0 aliphatic heterocycles. The molecule has 2 aromatic rings. The third-order valence-corrected chi connectivity index (χ3v) is 2.78. The van der Waals surface area contributed by atoms with Gasteiger partial charge < -0.3 is 10.1 Å². The molecule has 0 amide bonds. The van der Waals surface area contributed by atoms with Crippen LogP contribution in [0.25, 0.3) is 0 Å². The Morgan fingerprint density at radius 2 is 1.80 bits per heavy atom. The lowest BCUT2D eigenvalue weighted by Crippen LogP contribution is -2.22. The van der Waals surface area contributed by atoms with Gasteiger partial charge in [-0.15, -0.1) is 0 Å². The summed E-state index contributed by atoms with van der Waals surface area (Å²) in [6.45, 7) is 4.45. The number of para-hydroxylation sites is 1. The van der Waals surface area contributed by atoms with Crippen LogP contribution in [0.3, 0.4) is 0 Å². The van der Waals surface area contributed by atoms with Crippen molar-refractivity contribution in [3.63, 3.8) is 0 Å². The van der Waals surface area contributed by atoms with Gasteiger partial charge in [0.15, 0.2) is 11.6 Å². The molecule has 0 bridgehead atoms. The van der Waals surface area contributed by atoms with E-state index in [4.69, 9.17) is 4.74 Å². The van der Waals surface area contributed by atoms with E-state index in [0.29, 0.717) is 17.9 Å². The van der Waals surface area contributed by atoms with E-state index < -0.39 is 5.82 Å². The molecule has 20 heavy (non-hydrogen) atoms. The predicted molar refractivity (Wildman–Crippen MR) is 74.8 cm³/mol. The average Bonchev–Trinajstić information content (AvgIpc) is 2.41. The number of ether oxygens (including phenoxy) is 1. The van der Waals surface area contributed by atoms with Gasteiger partial charge in [0.25, 0.3) is 0 Å². The van der Waals surface area contributed by atoms with Crippen LogP contribution in [0.1, 0.15) is 19.4 Å². The first-order valence-corrected chi connectivity index (χ1v) is 6.50. The number of nitrogens with one attached hydrogen (secondary N) is 1. The number of rotatable bonds is 5. The Bertz CT molecular complexity index is 584. The number of halogens is 2. The van der Waals surface area contributed by atoms with E-state index in [1.807, 2.05) is 13.8 Å². The predicted octanol–water partition coefficient (Wildman–Crippen LogP) is 4.26. The van der Waals surface area contributed by atoms with Crippen LogP contribution in [0, 0.1) is 11.6 Å². The molecule has 0 aromatic heterocycles. The van der Waals surface area contributed by atoms with Gasteiger partial charge in [0.05, 0.1) is 0 Å². The summed E-state index contributed by atoms with van der Waals surface area (Å²) < 4.78 is 32.5. The molecule has 4 heteroatoms. The number of hydrogen-bond acceptors (Lipinski definition) is 2. The minimum Gasteiger partial charge on any atom is -0.454 e. The minimum absolute atomic E-state index is 0.130. The molecule has 1 N–H and O–H groups in total. The van der Waals surface area contributed by atoms with Gasteiger partial charge in [-0.2, -0.15) is 0 Å². The van der Waals surface area contributed by atoms with Gasteiger partial charge >= 0.3 is 0 Å². The van der Waals surface area contributed by atoms with E-state index in [2.05, 4.69) is 5.32 Å². The quantitative estimate of drug-likeness (QED) is 0.882. The maximum Gasteiger partial charge on any atom is 0.165 e. The van der Waals surface area contributed by atoms with E-state index in [0.717, 1.165) is 0 Å². The van der Waals surface area contributed by atoms with E-state index in [9.17, 15) is 8.78 Å². The van der Waals surface area contributed by atoms with Gasteiger partial charge in [0, 0.05) is 18.2 Å². The molecule has 0 aliphatic carbocycles. The third kappa shape index (κ3) is 3.78. The van der Waals surface area contributed by atoms with Crippen molar-refractivity contribution in [3.8, 4) is 11.5 Å². The molecule has 0 radical (unpaired) electrons. The summed E-state index contributed by atoms with van der Waals surface area (Å²) >= 11 is 0. The second-order valence-electron chi connectivity index (χ2n) is 4.82. The van der Waals surface area contributed by atoms with Crippen molar-refractivity contribution in [2.45, 2.75) is 26.4 Å². The monoisotopic (exact) mass is 277 g/mol. The van der Waals surface area contributed by atoms with Gasteiger partial charge in [0.1, 0.15) is 11.6 Å². The first-order chi connectivity index (χ1) is 9.56. The van der Waals surface area contributed by atoms with E-state index in [1.165, 1.54) is 24.3 Å². The molecule has 0 fully saturated rings. The highest BCUT2D eigenvalue weighted by Gasteiger charge is 2.09. The molecule has 106 valence electrons. The Labute approximate surface area is 117 Å². The van der Waals surface area contributed by atoms with Crippen molar-refractivity contribution < 1.29 is 13.5 Å². The lowest BCUT2D eigenvalue weighted by molar-refractivity contribution is 0.432. The minimum atomic E-state index is -0.445. The van der Waals surface area contributed by atoms with Crippen molar-refractivity contribution in [3.05, 3.63) is 59.7 Å². The maximum absolute atomic E-state index is 13.6. The standard InChI is InChI=1S/C16H17F2NO/c1-11(2)19-10-12-9-13(17)7-8-15(12)20-16-6-4-3-5-14(16)18/h3-9,11,19H,10H2,1-2H3. The van der Waals surface area contributed by atoms with E-state index >= 15 is 0 Å². The van der Waals surface area contributed by atoms with Crippen molar-refractivity contribution in [2.24, 2.45) is 0 Å². The molecule has 2 nitrogen and oxygen atoms in total. The van der Waals surface area contributed by atoms with Gasteiger partial charge in [-0.05, 0) is 30.3 Å². The summed E-state index contributed by atoms with van der Waals surface area (Å²) in [5.74, 6) is -0.208. The molecular weight excluding hydrogens is 260 g/mol. The first-order valence-electron chi connectivity index (χ1n) is 6.50. The Hall–Kier alpha value is -1.94. The Morgan fingerprint density at radius 3 is 2.50 bits per heavy atom. The van der Waals surface area contributed by atoms with Crippen LogP contribution in [0.15, 0.2) is 42.5 Å². The smallest absolute Gasteiger partial charge is 0.165 e. The van der Waals surface area contributed by atoms with Crippen LogP contribution < -0.4 is 10.1 Å². The van der Waals surface area contributed by atoms with Crippen LogP contribution in [-0.2, 0) is 6.54 Å². The van der Waals surface area contributed by atoms with Crippen LogP contribution in [-0.4, -0.2) is 6.04 Å². The summed E-state index contributed by atoms with van der Waals surface area (Å²) in [4.78, 5) is 0. The Morgan fingerprint density at radius 1 is 1.05 bits per heavy atom. The molecule has 0 atom stereocenters. The summed E-state index contributed by atoms with van der Waals surface area (Å²) in [5.41, 5.74) is 0.655. The lowest BCUT2D eigenvalue weighted by atomic mass is 10.2. The molecule has 0 saturated carbocycles. The van der Waals surface area contributed by atoms with Gasteiger partial charge in [-0.25, -0.2) is 8.78 Å². The van der Waals surface area contributed by atoms with Gasteiger partial charge in [-0.1, -0.05) is 26.0 Å². The topological polar surface area (TPSA) is 21.3 Å². The molecule has 2 rings (SSSR count). The zero-order chi connectivity index (χ0) is 14.5. The third-order valence-electron chi connectivity index (χ3n) is 2.78. The van der Waals surface area contributed by atoms with Gasteiger partial charge in [0.2, 0.25) is 0 Å². The van der Waals surface area contributed by atoms with Crippen molar-refractivity contribution >= 4 is 0 Å². The fourth-order valence-electron chi connectivity index (χ4n) is 1.75. The average molecular weight is 277 g/mol. The zero-order valence-electron chi connectivity index (χ0n) is 11.5. The normalized spacial score (nSPS) is 10.8. The van der Waals surface area contributed by atoms with Crippen LogP contribution >= 0.6 is 0 Å². The molecule has 0 saturated heterocycles. The SMILES string of the molecule is CC(C)NCc1cc(F)ccc1Oc1ccccc1F. The molecule has 0 aliphatic rings. The first kappa shape index (κ1) is 14.5.